The van der Waals surface area contributed by atoms with Crippen LogP contribution in [0.1, 0.15) is 20.3 Å². The minimum atomic E-state index is -1.06. The number of primary amides is 1. The van der Waals surface area contributed by atoms with E-state index in [1.165, 1.54) is 6.92 Å². The third-order valence-electron chi connectivity index (χ3n) is 1.24. The van der Waals surface area contributed by atoms with Crippen molar-refractivity contribution < 1.29 is 9.53 Å². The van der Waals surface area contributed by atoms with Crippen LogP contribution in [0.25, 0.3) is 0 Å². The Morgan fingerprint density at radius 3 is 2.50 bits per heavy atom. The number of nitrogens with zero attached hydrogens (tertiary/aromatic N) is 1. The van der Waals surface area contributed by atoms with Crippen molar-refractivity contribution >= 4 is 6.09 Å². The molecule has 0 saturated carbocycles. The smallest absolute Gasteiger partial charge is 0.406 e. The number of carbonyl (C=O) groups is 1. The molecule has 4 nitrogen and oxygen atoms in total. The van der Waals surface area contributed by atoms with Gasteiger partial charge >= 0.3 is 6.09 Å². The van der Waals surface area contributed by atoms with Gasteiger partial charge in [-0.25, -0.2) is 4.79 Å². The molecule has 4 heteroatoms. The lowest BCUT2D eigenvalue weighted by atomic mass is 10.1. The van der Waals surface area contributed by atoms with Crippen molar-refractivity contribution in [2.45, 2.75) is 25.9 Å². The molecule has 10 heavy (non-hydrogen) atoms. The second kappa shape index (κ2) is 3.06. The zero-order valence-electron chi connectivity index (χ0n) is 6.05. The Morgan fingerprint density at radius 2 is 2.40 bits per heavy atom. The molecule has 1 atom stereocenters. The Bertz CT molecular complexity index is 173. The summed E-state index contributed by atoms with van der Waals surface area (Å²) in [5.41, 5.74) is 3.65. The summed E-state index contributed by atoms with van der Waals surface area (Å²) >= 11 is 0. The van der Waals surface area contributed by atoms with Crippen LogP contribution in [0.4, 0.5) is 4.79 Å². The monoisotopic (exact) mass is 142 g/mol. The van der Waals surface area contributed by atoms with Crippen LogP contribution in [0.5, 0.6) is 0 Å². The van der Waals surface area contributed by atoms with E-state index < -0.39 is 11.7 Å². The Hall–Kier alpha value is -1.24. The second-order valence-electron chi connectivity index (χ2n) is 2.12. The van der Waals surface area contributed by atoms with Gasteiger partial charge in [-0.1, -0.05) is 6.92 Å². The quantitative estimate of drug-likeness (QED) is 0.618. The largest absolute Gasteiger partial charge is 0.428 e. The van der Waals surface area contributed by atoms with E-state index in [1.54, 1.807) is 6.92 Å². The first-order valence-electron chi connectivity index (χ1n) is 2.94. The summed E-state index contributed by atoms with van der Waals surface area (Å²) in [6.07, 6.45) is -0.474. The first-order chi connectivity index (χ1) is 4.54. The first-order valence-corrected chi connectivity index (χ1v) is 2.94. The molecule has 56 valence electrons. The van der Waals surface area contributed by atoms with Crippen LogP contribution >= 0.6 is 0 Å². The van der Waals surface area contributed by atoms with E-state index in [0.717, 1.165) is 0 Å². The summed E-state index contributed by atoms with van der Waals surface area (Å²) in [6.45, 7) is 3.25. The molecule has 0 aliphatic heterocycles. The predicted octanol–water partition coefficient (Wildman–Crippen LogP) is 0.774. The van der Waals surface area contributed by atoms with Gasteiger partial charge in [0.1, 0.15) is 6.07 Å². The molecule has 0 spiro atoms. The molecule has 0 aromatic heterocycles. The van der Waals surface area contributed by atoms with E-state index in [1.807, 2.05) is 6.07 Å². The number of nitrogens with two attached hydrogens (primary N) is 1. The molecule has 0 heterocycles. The fraction of sp³-hybridized carbons (Fsp3) is 0.667. The van der Waals surface area contributed by atoms with Crippen LogP contribution in [0.15, 0.2) is 0 Å². The lowest BCUT2D eigenvalue weighted by Gasteiger charge is -2.17. The summed E-state index contributed by atoms with van der Waals surface area (Å²) in [5.74, 6) is 0. The standard InChI is InChI=1S/C6H10N2O2/c1-3-6(2,4-7)10-5(8)9/h3H2,1-2H3,(H2,8,9). The van der Waals surface area contributed by atoms with Gasteiger partial charge in [0.25, 0.3) is 0 Å². The topological polar surface area (TPSA) is 76.1 Å². The Morgan fingerprint density at radius 1 is 1.90 bits per heavy atom. The zero-order chi connectivity index (χ0) is 8.20. The van der Waals surface area contributed by atoms with Gasteiger partial charge in [0, 0.05) is 0 Å². The summed E-state index contributed by atoms with van der Waals surface area (Å²) in [4.78, 5) is 10.2. The highest BCUT2D eigenvalue weighted by Crippen LogP contribution is 2.12. The molecular formula is C6H10N2O2. The molecule has 0 aromatic carbocycles. The Labute approximate surface area is 59.6 Å². The molecule has 0 bridgehead atoms. The van der Waals surface area contributed by atoms with Gasteiger partial charge < -0.3 is 10.5 Å². The molecule has 0 aromatic rings. The van der Waals surface area contributed by atoms with Crippen LogP contribution in [-0.4, -0.2) is 11.7 Å². The Balaban J connectivity index is 4.10. The van der Waals surface area contributed by atoms with Crippen LogP contribution in [0.2, 0.25) is 0 Å². The molecule has 1 unspecified atom stereocenters. The maximum Gasteiger partial charge on any atom is 0.406 e. The highest BCUT2D eigenvalue weighted by atomic mass is 16.6. The number of carbonyl (C=O) groups excluding carboxylic acids is 1. The lowest BCUT2D eigenvalue weighted by Crippen LogP contribution is -2.31. The van der Waals surface area contributed by atoms with Crippen molar-refractivity contribution in [1.29, 1.82) is 5.26 Å². The van der Waals surface area contributed by atoms with E-state index in [2.05, 4.69) is 4.74 Å². The number of nitriles is 1. The van der Waals surface area contributed by atoms with Crippen LogP contribution in [-0.2, 0) is 4.74 Å². The highest BCUT2D eigenvalue weighted by molar-refractivity contribution is 5.65. The van der Waals surface area contributed by atoms with E-state index >= 15 is 0 Å². The van der Waals surface area contributed by atoms with Gasteiger partial charge in [-0.05, 0) is 13.3 Å². The van der Waals surface area contributed by atoms with Crippen LogP contribution in [0, 0.1) is 11.3 Å². The average Bonchev–Trinajstić information content (AvgIpc) is 1.87. The maximum absolute atomic E-state index is 10.2. The van der Waals surface area contributed by atoms with Crippen molar-refractivity contribution in [2.75, 3.05) is 0 Å². The van der Waals surface area contributed by atoms with Crippen molar-refractivity contribution in [3.8, 4) is 6.07 Å². The molecule has 0 aliphatic carbocycles. The van der Waals surface area contributed by atoms with E-state index in [9.17, 15) is 4.79 Å². The summed E-state index contributed by atoms with van der Waals surface area (Å²) in [5, 5.41) is 8.45. The Kier molecular flexibility index (Phi) is 2.68. The predicted molar refractivity (Wildman–Crippen MR) is 35.0 cm³/mol. The SMILES string of the molecule is CCC(C)(C#N)OC(N)=O. The van der Waals surface area contributed by atoms with Crippen molar-refractivity contribution in [1.82, 2.24) is 0 Å². The van der Waals surface area contributed by atoms with E-state index in [-0.39, 0.29) is 0 Å². The molecule has 1 amide bonds. The van der Waals surface area contributed by atoms with Gasteiger partial charge in [-0.3, -0.25) is 0 Å². The number of hydrogen-bond donors (Lipinski definition) is 1. The molecule has 0 saturated heterocycles. The minimum absolute atomic E-state index is 0.437. The van der Waals surface area contributed by atoms with Gasteiger partial charge in [0.2, 0.25) is 0 Å². The highest BCUT2D eigenvalue weighted by Gasteiger charge is 2.24. The van der Waals surface area contributed by atoms with Crippen LogP contribution < -0.4 is 5.73 Å². The number of amides is 1. The molecule has 0 fully saturated rings. The van der Waals surface area contributed by atoms with E-state index in [4.69, 9.17) is 11.0 Å². The fourth-order valence-electron chi connectivity index (χ4n) is 0.396. The maximum atomic E-state index is 10.2. The van der Waals surface area contributed by atoms with E-state index in [0.29, 0.717) is 6.42 Å². The normalized spacial score (nSPS) is 14.9. The summed E-state index contributed by atoms with van der Waals surface area (Å²) < 4.78 is 4.51. The number of rotatable bonds is 2. The van der Waals surface area contributed by atoms with Crippen molar-refractivity contribution in [3.63, 3.8) is 0 Å². The van der Waals surface area contributed by atoms with Crippen molar-refractivity contribution in [2.24, 2.45) is 5.73 Å². The summed E-state index contributed by atoms with van der Waals surface area (Å²) in [7, 11) is 0. The first kappa shape index (κ1) is 8.76. The molecule has 0 rings (SSSR count). The minimum Gasteiger partial charge on any atom is -0.428 e. The number of ether oxygens (including phenoxy) is 1. The molecular weight excluding hydrogens is 132 g/mol. The van der Waals surface area contributed by atoms with Crippen molar-refractivity contribution in [3.05, 3.63) is 0 Å². The molecule has 2 N–H and O–H groups in total. The van der Waals surface area contributed by atoms with Gasteiger partial charge in [-0.2, -0.15) is 5.26 Å². The van der Waals surface area contributed by atoms with Gasteiger partial charge in [0.05, 0.1) is 0 Å². The number of hydrogen-bond acceptors (Lipinski definition) is 3. The lowest BCUT2D eigenvalue weighted by molar-refractivity contribution is 0.0697. The zero-order valence-corrected chi connectivity index (χ0v) is 6.05. The van der Waals surface area contributed by atoms with Gasteiger partial charge in [-0.15, -0.1) is 0 Å². The molecule has 0 radical (unpaired) electrons. The van der Waals surface area contributed by atoms with Crippen LogP contribution in [0.3, 0.4) is 0 Å². The third-order valence-corrected chi connectivity index (χ3v) is 1.24. The third kappa shape index (κ3) is 2.35. The van der Waals surface area contributed by atoms with Gasteiger partial charge in [0.15, 0.2) is 5.60 Å². The fourth-order valence-corrected chi connectivity index (χ4v) is 0.396. The molecule has 0 aliphatic rings. The average molecular weight is 142 g/mol. The second-order valence-corrected chi connectivity index (χ2v) is 2.12. The summed E-state index contributed by atoms with van der Waals surface area (Å²) in [6, 6.07) is 1.84.